The zero-order chi connectivity index (χ0) is 13.9. The second-order valence-corrected chi connectivity index (χ2v) is 7.38. The van der Waals surface area contributed by atoms with E-state index in [0.717, 1.165) is 24.7 Å². The van der Waals surface area contributed by atoms with Crippen LogP contribution >= 0.6 is 11.3 Å². The van der Waals surface area contributed by atoms with Gasteiger partial charge in [-0.3, -0.25) is 4.90 Å². The number of piperidine rings is 2. The molecule has 0 amide bonds. The molecule has 0 radical (unpaired) electrons. The normalized spacial score (nSPS) is 32.2. The van der Waals surface area contributed by atoms with Crippen molar-refractivity contribution in [3.8, 4) is 0 Å². The van der Waals surface area contributed by atoms with Gasteiger partial charge in [-0.25, -0.2) is 0 Å². The standard InChI is InChI=1S/C17H28N2S/c1-3-18-15-10-16-5-4-6-17(11-15)19(16)13(2)9-14-7-8-20-12-14/h7-8,12-13,15-18H,3-6,9-11H2,1-2H3. The van der Waals surface area contributed by atoms with E-state index in [1.54, 1.807) is 0 Å². The monoisotopic (exact) mass is 292 g/mol. The maximum Gasteiger partial charge on any atom is 0.0116 e. The van der Waals surface area contributed by atoms with Crippen molar-refractivity contribution in [1.82, 2.24) is 10.2 Å². The zero-order valence-electron chi connectivity index (χ0n) is 12.8. The molecule has 2 fully saturated rings. The number of nitrogens with one attached hydrogen (secondary N) is 1. The first-order valence-corrected chi connectivity index (χ1v) is 9.24. The molecule has 1 N–H and O–H groups in total. The Kier molecular flexibility index (Phi) is 4.79. The lowest BCUT2D eigenvalue weighted by atomic mass is 9.80. The Hall–Kier alpha value is -0.380. The Labute approximate surface area is 127 Å². The van der Waals surface area contributed by atoms with Gasteiger partial charge in [-0.15, -0.1) is 0 Å². The van der Waals surface area contributed by atoms with E-state index in [0.29, 0.717) is 6.04 Å². The van der Waals surface area contributed by atoms with Gasteiger partial charge in [0.25, 0.3) is 0 Å². The van der Waals surface area contributed by atoms with Crippen LogP contribution in [0.4, 0.5) is 0 Å². The zero-order valence-corrected chi connectivity index (χ0v) is 13.7. The van der Waals surface area contributed by atoms with Crippen LogP contribution in [0.3, 0.4) is 0 Å². The van der Waals surface area contributed by atoms with Gasteiger partial charge in [-0.05, 0) is 68.0 Å². The van der Waals surface area contributed by atoms with Crippen LogP contribution in [-0.2, 0) is 6.42 Å². The minimum Gasteiger partial charge on any atom is -0.314 e. The third-order valence-electron chi connectivity index (χ3n) is 5.14. The van der Waals surface area contributed by atoms with Crippen LogP contribution in [0.2, 0.25) is 0 Å². The summed E-state index contributed by atoms with van der Waals surface area (Å²) in [5.74, 6) is 0. The van der Waals surface area contributed by atoms with Gasteiger partial charge in [0, 0.05) is 24.2 Å². The van der Waals surface area contributed by atoms with Crippen molar-refractivity contribution in [2.24, 2.45) is 0 Å². The van der Waals surface area contributed by atoms with Crippen LogP contribution < -0.4 is 5.32 Å². The highest BCUT2D eigenvalue weighted by atomic mass is 32.1. The molecular formula is C17H28N2S. The van der Waals surface area contributed by atoms with Gasteiger partial charge >= 0.3 is 0 Å². The molecule has 3 heteroatoms. The lowest BCUT2D eigenvalue weighted by Gasteiger charge is -2.51. The smallest absolute Gasteiger partial charge is 0.0116 e. The molecule has 1 aromatic heterocycles. The average molecular weight is 292 g/mol. The van der Waals surface area contributed by atoms with Crippen LogP contribution in [-0.4, -0.2) is 35.6 Å². The largest absolute Gasteiger partial charge is 0.314 e. The number of rotatable bonds is 5. The van der Waals surface area contributed by atoms with Gasteiger partial charge in [0.15, 0.2) is 0 Å². The van der Waals surface area contributed by atoms with Crippen molar-refractivity contribution in [2.75, 3.05) is 6.54 Å². The molecule has 112 valence electrons. The minimum atomic E-state index is 0.697. The first-order valence-electron chi connectivity index (χ1n) is 8.29. The predicted octanol–water partition coefficient (Wildman–Crippen LogP) is 3.67. The summed E-state index contributed by atoms with van der Waals surface area (Å²) in [6, 6.07) is 5.39. The maximum absolute atomic E-state index is 3.69. The Balaban J connectivity index is 1.66. The average Bonchev–Trinajstić information content (AvgIpc) is 2.90. The van der Waals surface area contributed by atoms with E-state index < -0.39 is 0 Å². The lowest BCUT2D eigenvalue weighted by Crippen LogP contribution is -2.59. The van der Waals surface area contributed by atoms with E-state index in [2.05, 4.69) is 40.9 Å². The van der Waals surface area contributed by atoms with Crippen molar-refractivity contribution >= 4 is 11.3 Å². The van der Waals surface area contributed by atoms with E-state index in [1.165, 1.54) is 44.1 Å². The number of hydrogen-bond acceptors (Lipinski definition) is 3. The third-order valence-corrected chi connectivity index (χ3v) is 5.88. The fourth-order valence-corrected chi connectivity index (χ4v) is 5.13. The molecule has 2 saturated heterocycles. The highest BCUT2D eigenvalue weighted by Crippen LogP contribution is 2.36. The van der Waals surface area contributed by atoms with Gasteiger partial charge in [-0.2, -0.15) is 11.3 Å². The number of fused-ring (bicyclic) bond motifs is 2. The van der Waals surface area contributed by atoms with Gasteiger partial charge in [0.1, 0.15) is 0 Å². The fourth-order valence-electron chi connectivity index (χ4n) is 4.45. The topological polar surface area (TPSA) is 15.3 Å². The summed E-state index contributed by atoms with van der Waals surface area (Å²) in [6.45, 7) is 5.80. The summed E-state index contributed by atoms with van der Waals surface area (Å²) in [4.78, 5) is 2.87. The van der Waals surface area contributed by atoms with E-state index in [9.17, 15) is 0 Å². The molecule has 3 unspecified atom stereocenters. The van der Waals surface area contributed by atoms with Gasteiger partial charge in [0.05, 0.1) is 0 Å². The highest BCUT2D eigenvalue weighted by molar-refractivity contribution is 7.07. The Morgan fingerprint density at radius 1 is 1.35 bits per heavy atom. The molecule has 0 aliphatic carbocycles. The van der Waals surface area contributed by atoms with Crippen LogP contribution in [0.25, 0.3) is 0 Å². The summed E-state index contributed by atoms with van der Waals surface area (Å²) in [5.41, 5.74) is 1.52. The Morgan fingerprint density at radius 2 is 2.10 bits per heavy atom. The van der Waals surface area contributed by atoms with Crippen LogP contribution in [0.5, 0.6) is 0 Å². The predicted molar refractivity (Wildman–Crippen MR) is 87.4 cm³/mol. The molecule has 0 aromatic carbocycles. The second kappa shape index (κ2) is 6.59. The van der Waals surface area contributed by atoms with Crippen molar-refractivity contribution in [3.63, 3.8) is 0 Å². The minimum absolute atomic E-state index is 0.697. The van der Waals surface area contributed by atoms with Crippen molar-refractivity contribution in [1.29, 1.82) is 0 Å². The Morgan fingerprint density at radius 3 is 2.70 bits per heavy atom. The van der Waals surface area contributed by atoms with E-state index in [4.69, 9.17) is 0 Å². The van der Waals surface area contributed by atoms with Gasteiger partial charge in [-0.1, -0.05) is 13.3 Å². The number of thiophene rings is 1. The summed E-state index contributed by atoms with van der Waals surface area (Å²) in [5, 5.41) is 8.22. The maximum atomic E-state index is 3.69. The molecule has 0 saturated carbocycles. The quantitative estimate of drug-likeness (QED) is 0.890. The molecule has 20 heavy (non-hydrogen) atoms. The summed E-state index contributed by atoms with van der Waals surface area (Å²) in [7, 11) is 0. The molecule has 0 spiro atoms. The Bertz CT molecular complexity index is 389. The fraction of sp³-hybridized carbons (Fsp3) is 0.765. The number of nitrogens with zero attached hydrogens (tertiary/aromatic N) is 1. The third kappa shape index (κ3) is 3.10. The van der Waals surface area contributed by atoms with Gasteiger partial charge < -0.3 is 5.32 Å². The molecule has 2 bridgehead atoms. The molecule has 2 nitrogen and oxygen atoms in total. The van der Waals surface area contributed by atoms with E-state index in [1.807, 2.05) is 11.3 Å². The molecule has 3 rings (SSSR count). The molecule has 3 heterocycles. The molecular weight excluding hydrogens is 264 g/mol. The molecule has 1 aromatic rings. The SMILES string of the molecule is CCNC1CC2CCCC(C1)N2C(C)Cc1ccsc1. The second-order valence-electron chi connectivity index (χ2n) is 6.60. The summed E-state index contributed by atoms with van der Waals surface area (Å²) >= 11 is 1.83. The van der Waals surface area contributed by atoms with Crippen molar-refractivity contribution in [2.45, 2.75) is 76.5 Å². The van der Waals surface area contributed by atoms with Gasteiger partial charge in [0.2, 0.25) is 0 Å². The van der Waals surface area contributed by atoms with Crippen molar-refractivity contribution in [3.05, 3.63) is 22.4 Å². The summed E-state index contributed by atoms with van der Waals surface area (Å²) < 4.78 is 0. The lowest BCUT2D eigenvalue weighted by molar-refractivity contribution is -0.00486. The molecule has 3 atom stereocenters. The van der Waals surface area contributed by atoms with Crippen molar-refractivity contribution < 1.29 is 0 Å². The van der Waals surface area contributed by atoms with E-state index >= 15 is 0 Å². The highest BCUT2D eigenvalue weighted by Gasteiger charge is 2.39. The molecule has 2 aliphatic rings. The van der Waals surface area contributed by atoms with E-state index in [-0.39, 0.29) is 0 Å². The van der Waals surface area contributed by atoms with Crippen LogP contribution in [0.15, 0.2) is 16.8 Å². The van der Waals surface area contributed by atoms with Crippen LogP contribution in [0.1, 0.15) is 51.5 Å². The molecule has 2 aliphatic heterocycles. The first kappa shape index (κ1) is 14.6. The first-order chi connectivity index (χ1) is 9.78. The number of hydrogen-bond donors (Lipinski definition) is 1. The summed E-state index contributed by atoms with van der Waals surface area (Å²) in [6.07, 6.45) is 8.20. The van der Waals surface area contributed by atoms with Crippen LogP contribution in [0, 0.1) is 0 Å².